The van der Waals surface area contributed by atoms with Crippen LogP contribution in [0.25, 0.3) is 0 Å². The van der Waals surface area contributed by atoms with Crippen molar-refractivity contribution >= 4 is 17.9 Å². The fourth-order valence-electron chi connectivity index (χ4n) is 10.8. The lowest BCUT2D eigenvalue weighted by atomic mass is 9.50. The average Bonchev–Trinajstić information content (AvgIpc) is 3.39. The zero-order chi connectivity index (χ0) is 51.7. The molecule has 4 aliphatic rings. The van der Waals surface area contributed by atoms with Gasteiger partial charge >= 0.3 is 17.9 Å². The molecule has 16 nitrogen and oxygen atoms in total. The third-order valence-electron chi connectivity index (χ3n) is 13.9. The Bertz CT molecular complexity index is 3090. The normalized spacial score (nSPS) is 20.4. The quantitative estimate of drug-likeness (QED) is 0.0957. The van der Waals surface area contributed by atoms with E-state index in [4.69, 9.17) is 56.8 Å². The molecule has 3 aliphatic heterocycles. The summed E-state index contributed by atoms with van der Waals surface area (Å²) >= 11 is 0. The lowest BCUT2D eigenvalue weighted by Crippen LogP contribution is -2.52. The van der Waals surface area contributed by atoms with Gasteiger partial charge in [-0.1, -0.05) is 24.3 Å². The number of hydrogen-bond donors (Lipinski definition) is 1. The van der Waals surface area contributed by atoms with Crippen LogP contribution in [0.4, 0.5) is 0 Å². The molecule has 6 unspecified atom stereocenters. The highest BCUT2D eigenvalue weighted by atomic mass is 16.6. The van der Waals surface area contributed by atoms with E-state index in [0.717, 1.165) is 33.4 Å². The van der Waals surface area contributed by atoms with E-state index >= 15 is 0 Å². The summed E-state index contributed by atoms with van der Waals surface area (Å²) in [5.74, 6) is 4.66. The number of carbonyl (C=O) groups is 3. The summed E-state index contributed by atoms with van der Waals surface area (Å²) in [6.07, 6.45) is -0.742. The van der Waals surface area contributed by atoms with Crippen LogP contribution in [0, 0.1) is 0 Å². The number of carbonyl (C=O) groups excluding carboxylic acids is 3. The third-order valence-corrected chi connectivity index (χ3v) is 13.9. The van der Waals surface area contributed by atoms with Crippen LogP contribution in [0.2, 0.25) is 0 Å². The van der Waals surface area contributed by atoms with E-state index in [9.17, 15) is 19.5 Å². The highest BCUT2D eigenvalue weighted by Gasteiger charge is 2.59. The van der Waals surface area contributed by atoms with Crippen LogP contribution in [0.15, 0.2) is 103 Å². The number of hydrogen-bond acceptors (Lipinski definition) is 16. The summed E-state index contributed by atoms with van der Waals surface area (Å²) in [5.41, 5.74) is 5.68. The molecule has 10 rings (SSSR count). The molecule has 73 heavy (non-hydrogen) atoms. The first-order chi connectivity index (χ1) is 35.2. The fraction of sp³-hybridized carbons (Fsp3) is 0.316. The van der Waals surface area contributed by atoms with E-state index < -0.39 is 29.4 Å². The van der Waals surface area contributed by atoms with Gasteiger partial charge in [0.05, 0.1) is 67.4 Å². The van der Waals surface area contributed by atoms with Gasteiger partial charge in [0.25, 0.3) is 0 Å². The summed E-state index contributed by atoms with van der Waals surface area (Å²) in [4.78, 5) is 34.8. The number of benzene rings is 6. The largest absolute Gasteiger partial charge is 0.493 e. The first kappa shape index (κ1) is 49.9. The molecular weight excluding hydrogens is 941 g/mol. The van der Waals surface area contributed by atoms with Crippen LogP contribution < -0.4 is 56.8 Å². The van der Waals surface area contributed by atoms with Gasteiger partial charge in [0.2, 0.25) is 0 Å². The monoisotopic (exact) mass is 996 g/mol. The molecular formula is C57H56O16. The maximum Gasteiger partial charge on any atom is 0.308 e. The fourth-order valence-corrected chi connectivity index (χ4v) is 10.8. The van der Waals surface area contributed by atoms with E-state index in [-0.39, 0.29) is 30.3 Å². The van der Waals surface area contributed by atoms with Crippen molar-refractivity contribution in [1.29, 1.82) is 0 Å². The van der Waals surface area contributed by atoms with Gasteiger partial charge in [0.15, 0.2) is 34.5 Å². The van der Waals surface area contributed by atoms with Crippen molar-refractivity contribution in [3.05, 3.63) is 142 Å². The predicted octanol–water partition coefficient (Wildman–Crippen LogP) is 9.15. The Labute approximate surface area is 422 Å². The van der Waals surface area contributed by atoms with Gasteiger partial charge in [-0.05, 0) is 94.0 Å². The van der Waals surface area contributed by atoms with Gasteiger partial charge in [-0.15, -0.1) is 0 Å². The second-order valence-electron chi connectivity index (χ2n) is 17.9. The minimum Gasteiger partial charge on any atom is -0.493 e. The first-order valence-electron chi connectivity index (χ1n) is 23.5. The number of rotatable bonds is 11. The molecule has 380 valence electrons. The topological polar surface area (TPSA) is 182 Å². The van der Waals surface area contributed by atoms with Crippen molar-refractivity contribution in [2.24, 2.45) is 0 Å². The first-order valence-corrected chi connectivity index (χ1v) is 23.5. The molecule has 6 atom stereocenters. The molecule has 0 spiro atoms. The Morgan fingerprint density at radius 1 is 0.479 bits per heavy atom. The zero-order valence-electron chi connectivity index (χ0n) is 41.9. The van der Waals surface area contributed by atoms with Crippen LogP contribution in [-0.4, -0.2) is 85.5 Å². The summed E-state index contributed by atoms with van der Waals surface area (Å²) in [7, 11) is 9.63. The van der Waals surface area contributed by atoms with Gasteiger partial charge in [-0.3, -0.25) is 14.4 Å². The van der Waals surface area contributed by atoms with Crippen molar-refractivity contribution < 1.29 is 76.3 Å². The van der Waals surface area contributed by atoms with Gasteiger partial charge in [-0.25, -0.2) is 0 Å². The molecule has 0 bridgehead atoms. The van der Waals surface area contributed by atoms with E-state index in [1.165, 1.54) is 20.8 Å². The molecule has 1 aliphatic carbocycles. The van der Waals surface area contributed by atoms with Crippen LogP contribution in [-0.2, 0) is 19.8 Å². The van der Waals surface area contributed by atoms with E-state index in [0.29, 0.717) is 87.8 Å². The lowest BCUT2D eigenvalue weighted by Gasteiger charge is -2.56. The van der Waals surface area contributed by atoms with Crippen molar-refractivity contribution in [3.8, 4) is 69.0 Å². The minimum absolute atomic E-state index is 0.107. The summed E-state index contributed by atoms with van der Waals surface area (Å²) in [5, 5.41) is 10.8. The number of aliphatic hydroxyl groups is 1. The minimum atomic E-state index is -0.783. The van der Waals surface area contributed by atoms with E-state index in [2.05, 4.69) is 12.1 Å². The second kappa shape index (κ2) is 20.5. The molecule has 3 heterocycles. The third kappa shape index (κ3) is 9.22. The average molecular weight is 997 g/mol. The van der Waals surface area contributed by atoms with E-state index in [1.807, 2.05) is 42.5 Å². The second-order valence-corrected chi connectivity index (χ2v) is 17.9. The summed E-state index contributed by atoms with van der Waals surface area (Å²) in [6, 6.07) is 31.7. The standard InChI is InChI=1S/C38H36O10.C19H20O6/c1-20(39)47-23-8-10-25-31(14-23)45-18-28-27-16-34(43-5)35(44-6)17-29(27)38(22-7-12-30(41-3)33(13-22)42-4)19-46-32-15-24(48-21(2)40)9-11-26(32)37(38)36(25)28;1-11(20)25-13-5-6-14-17(9-13)24-10-15(19(14)21)12-4-7-16(22-2)18(8-12)23-3/h7-17,28,36-37H,18-19H2,1-6H3;4-9,15,19,21H,10H2,1-3H3. The maximum absolute atomic E-state index is 11.9. The number of aliphatic hydroxyl groups excluding tert-OH is 1. The molecule has 6 aromatic carbocycles. The lowest BCUT2D eigenvalue weighted by molar-refractivity contribution is -0.132. The van der Waals surface area contributed by atoms with Crippen molar-refractivity contribution in [2.45, 2.75) is 56.0 Å². The highest BCUT2D eigenvalue weighted by molar-refractivity contribution is 5.72. The van der Waals surface area contributed by atoms with Crippen LogP contribution >= 0.6 is 0 Å². The molecule has 0 radical (unpaired) electrons. The van der Waals surface area contributed by atoms with Gasteiger partial charge in [-0.2, -0.15) is 0 Å². The summed E-state index contributed by atoms with van der Waals surface area (Å²) in [6.45, 7) is 4.99. The molecule has 0 fully saturated rings. The molecule has 0 aromatic heterocycles. The van der Waals surface area contributed by atoms with Crippen LogP contribution in [0.1, 0.15) is 89.5 Å². The number of methoxy groups -OCH3 is 6. The van der Waals surface area contributed by atoms with Crippen LogP contribution in [0.3, 0.4) is 0 Å². The number of esters is 3. The Kier molecular flexibility index (Phi) is 14.0. The zero-order valence-corrected chi connectivity index (χ0v) is 41.9. The molecule has 0 saturated heterocycles. The number of fused-ring (bicyclic) bond motifs is 11. The summed E-state index contributed by atoms with van der Waals surface area (Å²) < 4.78 is 68.6. The maximum atomic E-state index is 11.9. The van der Waals surface area contributed by atoms with Crippen molar-refractivity contribution in [1.82, 2.24) is 0 Å². The Hall–Kier alpha value is -8.11. The van der Waals surface area contributed by atoms with E-state index in [1.54, 1.807) is 91.2 Å². The Morgan fingerprint density at radius 2 is 0.945 bits per heavy atom. The smallest absolute Gasteiger partial charge is 0.308 e. The molecule has 6 aromatic rings. The molecule has 0 saturated carbocycles. The molecule has 1 N–H and O–H groups in total. The van der Waals surface area contributed by atoms with Crippen molar-refractivity contribution in [3.63, 3.8) is 0 Å². The van der Waals surface area contributed by atoms with Crippen molar-refractivity contribution in [2.75, 3.05) is 62.5 Å². The van der Waals surface area contributed by atoms with Gasteiger partial charge in [0, 0.05) is 68.2 Å². The predicted molar refractivity (Wildman–Crippen MR) is 265 cm³/mol. The highest BCUT2D eigenvalue weighted by Crippen LogP contribution is 2.67. The van der Waals surface area contributed by atoms with Crippen LogP contribution in [0.5, 0.6) is 69.0 Å². The van der Waals surface area contributed by atoms with Gasteiger partial charge in [0.1, 0.15) is 41.1 Å². The molecule has 16 heteroatoms. The number of ether oxygens (including phenoxy) is 12. The Balaban J connectivity index is 0.000000221. The molecule has 0 amide bonds. The Morgan fingerprint density at radius 3 is 1.51 bits per heavy atom. The van der Waals surface area contributed by atoms with Gasteiger partial charge < -0.3 is 61.9 Å². The SMILES string of the molecule is COc1ccc(C23COc4cc(OC(C)=O)ccc4C2C2c4ccc(OC(C)=O)cc4OCC2c2cc(OC)c(OC)cc23)cc1OC.COc1ccc(C2COc3cc(OC(C)=O)ccc3C2O)cc1OC.